The van der Waals surface area contributed by atoms with Crippen LogP contribution in [0.25, 0.3) is 0 Å². The van der Waals surface area contributed by atoms with Gasteiger partial charge in [-0.15, -0.1) is 0 Å². The first-order valence-corrected chi connectivity index (χ1v) is 27.0. The molecule has 11 nitrogen and oxygen atoms in total. The maximum Gasteiger partial charge on any atom is 0.248 e. The minimum absolute atomic E-state index is 0.0601. The molecule has 400 valence electrons. The van der Waals surface area contributed by atoms with E-state index in [2.05, 4.69) is 78.0 Å². The average Bonchev–Trinajstić information content (AvgIpc) is 3.65. The predicted molar refractivity (Wildman–Crippen MR) is 289 cm³/mol. The largest absolute Gasteiger partial charge is 0.498 e. The van der Waals surface area contributed by atoms with E-state index in [4.69, 9.17) is 42.6 Å². The van der Waals surface area contributed by atoms with E-state index in [0.717, 1.165) is 116 Å². The molecular formula is C60H94O11. The second-order valence-corrected chi connectivity index (χ2v) is 17.7. The third-order valence-electron chi connectivity index (χ3n) is 11.5. The fourth-order valence-corrected chi connectivity index (χ4v) is 7.40. The summed E-state index contributed by atoms with van der Waals surface area (Å²) < 4.78 is 59.1. The maximum atomic E-state index is 11.7. The molecule has 0 bridgehead atoms. The first kappa shape index (κ1) is 62.6. The highest BCUT2D eigenvalue weighted by molar-refractivity contribution is 5.09. The van der Waals surface area contributed by atoms with Gasteiger partial charge in [-0.3, -0.25) is 0 Å². The Morgan fingerprint density at radius 3 is 1.24 bits per heavy atom. The monoisotopic (exact) mass is 991 g/mol. The third kappa shape index (κ3) is 27.2. The van der Waals surface area contributed by atoms with Crippen molar-refractivity contribution in [1.82, 2.24) is 0 Å². The van der Waals surface area contributed by atoms with Crippen molar-refractivity contribution in [2.75, 3.05) is 19.8 Å². The van der Waals surface area contributed by atoms with Crippen molar-refractivity contribution in [1.29, 1.82) is 0 Å². The Kier molecular flexibility index (Phi) is 38.0. The summed E-state index contributed by atoms with van der Waals surface area (Å²) >= 11 is 0. The van der Waals surface area contributed by atoms with Gasteiger partial charge in [-0.05, 0) is 75.0 Å². The number of rotatable bonds is 41. The van der Waals surface area contributed by atoms with E-state index >= 15 is 0 Å². The van der Waals surface area contributed by atoms with Gasteiger partial charge in [0.15, 0.2) is 24.4 Å². The van der Waals surface area contributed by atoms with Crippen LogP contribution in [0.2, 0.25) is 0 Å². The molecule has 0 radical (unpaired) electrons. The molecule has 71 heavy (non-hydrogen) atoms. The Morgan fingerprint density at radius 1 is 0.437 bits per heavy atom. The highest BCUT2D eigenvalue weighted by atomic mass is 16.8. The molecule has 2 N–H and O–H groups in total. The molecular weight excluding hydrogens is 897 g/mol. The number of hydrogen-bond acceptors (Lipinski definition) is 11. The summed E-state index contributed by atoms with van der Waals surface area (Å²) in [5, 5.41) is 22.4. The zero-order chi connectivity index (χ0) is 51.3. The molecule has 2 saturated heterocycles. The Labute approximate surface area is 430 Å². The molecule has 0 aromatic heterocycles. The molecule has 0 amide bonds. The van der Waals surface area contributed by atoms with Crippen molar-refractivity contribution in [2.24, 2.45) is 0 Å². The minimum Gasteiger partial charge on any atom is -0.498 e. The van der Waals surface area contributed by atoms with Crippen LogP contribution in [-0.2, 0) is 42.6 Å². The topological polar surface area (TPSA) is 124 Å². The van der Waals surface area contributed by atoms with E-state index in [1.54, 1.807) is 37.2 Å². The molecule has 0 aromatic rings. The Bertz CT molecular complexity index is 1650. The summed E-state index contributed by atoms with van der Waals surface area (Å²) in [5.41, 5.74) is 0. The van der Waals surface area contributed by atoms with Crippen LogP contribution in [0, 0.1) is 0 Å². The van der Waals surface area contributed by atoms with E-state index in [9.17, 15) is 10.2 Å². The lowest BCUT2D eigenvalue weighted by Crippen LogP contribution is -2.63. The van der Waals surface area contributed by atoms with E-state index in [0.29, 0.717) is 0 Å². The van der Waals surface area contributed by atoms with Gasteiger partial charge in [0.25, 0.3) is 0 Å². The highest BCUT2D eigenvalue weighted by Crippen LogP contribution is 2.41. The Hall–Kier alpha value is -4.52. The van der Waals surface area contributed by atoms with Crippen molar-refractivity contribution in [3.63, 3.8) is 0 Å². The van der Waals surface area contributed by atoms with Gasteiger partial charge in [-0.1, -0.05) is 192 Å². The lowest BCUT2D eigenvalue weighted by Gasteiger charge is -2.45. The lowest BCUT2D eigenvalue weighted by molar-refractivity contribution is -0.384. The number of aliphatic hydroxyl groups is 2. The Balaban J connectivity index is 2.83. The number of allylic oxidation sites excluding steroid dienone is 18. The van der Waals surface area contributed by atoms with Crippen LogP contribution in [0.4, 0.5) is 0 Å². The van der Waals surface area contributed by atoms with Crippen LogP contribution >= 0.6 is 0 Å². The van der Waals surface area contributed by atoms with Gasteiger partial charge in [0, 0.05) is 0 Å². The van der Waals surface area contributed by atoms with Gasteiger partial charge in [-0.25, -0.2) is 0 Å². The van der Waals surface area contributed by atoms with Crippen molar-refractivity contribution < 1.29 is 52.8 Å². The number of aliphatic hydroxyl groups excluding tert-OH is 2. The van der Waals surface area contributed by atoms with Crippen LogP contribution in [0.1, 0.15) is 157 Å². The first-order valence-electron chi connectivity index (χ1n) is 27.0. The van der Waals surface area contributed by atoms with E-state index in [1.807, 2.05) is 60.8 Å². The minimum atomic E-state index is -1.78. The summed E-state index contributed by atoms with van der Waals surface area (Å²) in [7, 11) is 0. The number of ether oxygens (including phenoxy) is 9. The van der Waals surface area contributed by atoms with E-state index in [-0.39, 0.29) is 13.2 Å². The molecule has 2 aliphatic heterocycles. The van der Waals surface area contributed by atoms with Crippen molar-refractivity contribution in [3.05, 3.63) is 147 Å². The van der Waals surface area contributed by atoms with Gasteiger partial charge in [-0.2, -0.15) is 0 Å². The van der Waals surface area contributed by atoms with Crippen molar-refractivity contribution in [3.8, 4) is 0 Å². The molecule has 2 rings (SSSR count). The van der Waals surface area contributed by atoms with Crippen molar-refractivity contribution in [2.45, 2.75) is 212 Å². The van der Waals surface area contributed by atoms with E-state index in [1.165, 1.54) is 12.5 Å². The van der Waals surface area contributed by atoms with Crippen LogP contribution in [0.3, 0.4) is 0 Å². The Morgan fingerprint density at radius 2 is 0.817 bits per heavy atom. The SMILES string of the molecule is CCCCC=CC=COC[C@H]1O[C@@](COC=CC=CCCCC)(O[C@H]2O[C@H](CO)[C@@H](O)[C@H](OC=CC=CCCCC)[C@H]2OC=CC=CCCCC)[C@@H](OC=CC=CCCCC)[C@@H]1OC=CC=CCCCC. The molecule has 2 aliphatic rings. The zero-order valence-corrected chi connectivity index (χ0v) is 44.4. The molecule has 2 fully saturated rings. The van der Waals surface area contributed by atoms with Crippen LogP contribution in [0.15, 0.2) is 147 Å². The standard InChI is InChI=1S/C60H94O11/c1-7-13-19-25-31-37-43-63-50-53-55(65-45-39-33-27-21-15-9-3)58(68-48-42-36-30-24-18-12-6)60(70-53,51-64-44-38-32-26-20-14-8-2)71-59-57(67-47-41-35-29-23-17-11-5)56(54(62)52(49-61)69-59)66-46-40-34-28-22-16-10-4/h25-48,52-59,61-62H,7-24,49-51H2,1-6H3/t52-,53-,54-,55-,56+,57-,58+,59-,60+/m1/s1. The predicted octanol–water partition coefficient (Wildman–Crippen LogP) is 14.3. The second-order valence-electron chi connectivity index (χ2n) is 17.7. The molecule has 0 unspecified atom stereocenters. The third-order valence-corrected chi connectivity index (χ3v) is 11.5. The molecule has 11 heteroatoms. The molecule has 0 saturated carbocycles. The average molecular weight is 991 g/mol. The summed E-state index contributed by atoms with van der Waals surface area (Å²) in [5.74, 6) is -1.78. The molecule has 2 heterocycles. The molecule has 0 spiro atoms. The number of unbranched alkanes of at least 4 members (excludes halogenated alkanes) is 12. The normalized spacial score (nSPS) is 25.7. The van der Waals surface area contributed by atoms with Crippen LogP contribution in [-0.4, -0.2) is 84.8 Å². The second kappa shape index (κ2) is 43.1. The maximum absolute atomic E-state index is 11.7. The van der Waals surface area contributed by atoms with E-state index < -0.39 is 61.4 Å². The first-order chi connectivity index (χ1) is 35.0. The summed E-state index contributed by atoms with van der Waals surface area (Å²) in [6.07, 6.45) is 54.9. The van der Waals surface area contributed by atoms with Gasteiger partial charge in [0.05, 0.1) is 44.2 Å². The zero-order valence-electron chi connectivity index (χ0n) is 44.4. The van der Waals surface area contributed by atoms with Crippen LogP contribution < -0.4 is 0 Å². The van der Waals surface area contributed by atoms with Crippen LogP contribution in [0.5, 0.6) is 0 Å². The van der Waals surface area contributed by atoms with Crippen molar-refractivity contribution >= 4 is 0 Å². The smallest absolute Gasteiger partial charge is 0.248 e. The summed E-state index contributed by atoms with van der Waals surface area (Å²) in [6.45, 7) is 12.3. The highest BCUT2D eigenvalue weighted by Gasteiger charge is 2.63. The van der Waals surface area contributed by atoms with Gasteiger partial charge in [0.1, 0.15) is 31.5 Å². The summed E-state index contributed by atoms with van der Waals surface area (Å²) in [4.78, 5) is 0. The number of hydrogen-bond donors (Lipinski definition) is 2. The molecule has 0 aromatic carbocycles. The molecule has 0 aliphatic carbocycles. The summed E-state index contributed by atoms with van der Waals surface area (Å²) in [6, 6.07) is 0. The fourth-order valence-electron chi connectivity index (χ4n) is 7.40. The molecule has 9 atom stereocenters. The quantitative estimate of drug-likeness (QED) is 0.0346. The fraction of sp³-hybridized carbons (Fsp3) is 0.600. The van der Waals surface area contributed by atoms with Gasteiger partial charge >= 0.3 is 0 Å². The van der Waals surface area contributed by atoms with Gasteiger partial charge < -0.3 is 52.8 Å². The lowest BCUT2D eigenvalue weighted by atomic mass is 9.98. The van der Waals surface area contributed by atoms with Gasteiger partial charge in [0.2, 0.25) is 12.1 Å².